The number of phenols is 1. The van der Waals surface area contributed by atoms with E-state index < -0.39 is 0 Å². The predicted octanol–water partition coefficient (Wildman–Crippen LogP) is 6.64. The van der Waals surface area contributed by atoms with Crippen molar-refractivity contribution in [3.05, 3.63) is 69.7 Å². The molecule has 170 valence electrons. The van der Waals surface area contributed by atoms with Crippen LogP contribution < -0.4 is 9.47 Å². The van der Waals surface area contributed by atoms with Crippen LogP contribution in [0.4, 0.5) is 0 Å². The summed E-state index contributed by atoms with van der Waals surface area (Å²) in [5.74, 6) is 1.14. The number of carbonyl (C=O) groups is 1. The number of hydrogen-bond donors (Lipinski definition) is 1. The summed E-state index contributed by atoms with van der Waals surface area (Å²) in [6, 6.07) is 8.62. The average molecular weight is 501 g/mol. The minimum Gasteiger partial charge on any atom is -0.507 e. The molecule has 1 aliphatic heterocycles. The molecule has 5 nitrogen and oxygen atoms in total. The van der Waals surface area contributed by atoms with Crippen LogP contribution in [-0.2, 0) is 4.74 Å². The standard InChI is InChI=1S/C26H29BrO5/c1-16(2)17(3)20-13-18(9-11-24(20)30-4)22(28)10-8-19-14-21(27)25(15-23(19)29)32-26-7-5-6-12-31-26/h8-11,13-15,17,26,29H,1,5-7,12H2,2-4H3/b10-8+. The van der Waals surface area contributed by atoms with Crippen molar-refractivity contribution in [3.63, 3.8) is 0 Å². The third-order valence-corrected chi connectivity index (χ3v) is 6.23. The van der Waals surface area contributed by atoms with E-state index >= 15 is 0 Å². The summed E-state index contributed by atoms with van der Waals surface area (Å²) < 4.78 is 17.6. The quantitative estimate of drug-likeness (QED) is 0.250. The number of hydrogen-bond acceptors (Lipinski definition) is 5. The molecule has 2 aromatic rings. The van der Waals surface area contributed by atoms with E-state index in [4.69, 9.17) is 14.2 Å². The number of allylic oxidation sites excluding steroid dienone is 2. The Bertz CT molecular complexity index is 1020. The van der Waals surface area contributed by atoms with Crippen molar-refractivity contribution >= 4 is 27.8 Å². The molecule has 1 heterocycles. The van der Waals surface area contributed by atoms with Crippen LogP contribution in [0.15, 0.2) is 53.0 Å². The number of ether oxygens (including phenoxy) is 3. The Morgan fingerprint density at radius 3 is 2.72 bits per heavy atom. The number of aromatic hydroxyl groups is 1. The minimum absolute atomic E-state index is 0.0226. The fraction of sp³-hybridized carbons (Fsp3) is 0.346. The van der Waals surface area contributed by atoms with Gasteiger partial charge in [-0.05, 0) is 72.1 Å². The van der Waals surface area contributed by atoms with Gasteiger partial charge in [-0.3, -0.25) is 4.79 Å². The zero-order chi connectivity index (χ0) is 23.3. The molecule has 2 unspecified atom stereocenters. The molecule has 0 spiro atoms. The summed E-state index contributed by atoms with van der Waals surface area (Å²) in [6.45, 7) is 8.67. The van der Waals surface area contributed by atoms with Crippen molar-refractivity contribution in [1.29, 1.82) is 0 Å². The van der Waals surface area contributed by atoms with Gasteiger partial charge in [-0.25, -0.2) is 0 Å². The lowest BCUT2D eigenvalue weighted by Crippen LogP contribution is -2.25. The van der Waals surface area contributed by atoms with Crippen LogP contribution in [-0.4, -0.2) is 30.9 Å². The van der Waals surface area contributed by atoms with Crippen LogP contribution in [0.2, 0.25) is 0 Å². The highest BCUT2D eigenvalue weighted by Gasteiger charge is 2.18. The molecule has 0 saturated carbocycles. The van der Waals surface area contributed by atoms with Crippen LogP contribution in [0.5, 0.6) is 17.2 Å². The van der Waals surface area contributed by atoms with Crippen LogP contribution >= 0.6 is 15.9 Å². The lowest BCUT2D eigenvalue weighted by molar-refractivity contribution is -0.106. The number of methoxy groups -OCH3 is 1. The Balaban J connectivity index is 1.78. The van der Waals surface area contributed by atoms with E-state index in [1.54, 1.807) is 31.4 Å². The molecule has 2 atom stereocenters. The number of ketones is 1. The molecule has 0 aromatic heterocycles. The van der Waals surface area contributed by atoms with Gasteiger partial charge in [0.05, 0.1) is 18.2 Å². The first-order chi connectivity index (χ1) is 15.3. The van der Waals surface area contributed by atoms with Crippen molar-refractivity contribution in [2.75, 3.05) is 13.7 Å². The van der Waals surface area contributed by atoms with E-state index in [2.05, 4.69) is 22.5 Å². The largest absolute Gasteiger partial charge is 0.507 e. The maximum atomic E-state index is 12.8. The number of benzene rings is 2. The van der Waals surface area contributed by atoms with Gasteiger partial charge in [-0.15, -0.1) is 0 Å². The predicted molar refractivity (Wildman–Crippen MR) is 130 cm³/mol. The monoisotopic (exact) mass is 500 g/mol. The number of carbonyl (C=O) groups excluding carboxylic acids is 1. The molecular weight excluding hydrogens is 472 g/mol. The number of halogens is 1. The van der Waals surface area contributed by atoms with E-state index in [1.165, 1.54) is 12.1 Å². The molecule has 2 aromatic carbocycles. The molecule has 1 N–H and O–H groups in total. The summed E-state index contributed by atoms with van der Waals surface area (Å²) in [6.07, 6.45) is 5.63. The average Bonchev–Trinajstić information content (AvgIpc) is 2.79. The minimum atomic E-state index is -0.312. The normalized spacial score (nSPS) is 17.2. The van der Waals surface area contributed by atoms with Gasteiger partial charge < -0.3 is 19.3 Å². The highest BCUT2D eigenvalue weighted by Crippen LogP contribution is 2.35. The van der Waals surface area contributed by atoms with Gasteiger partial charge in [0, 0.05) is 35.1 Å². The lowest BCUT2D eigenvalue weighted by Gasteiger charge is -2.24. The van der Waals surface area contributed by atoms with E-state index in [1.807, 2.05) is 19.9 Å². The molecule has 0 radical (unpaired) electrons. The summed E-state index contributed by atoms with van der Waals surface area (Å²) in [5.41, 5.74) is 2.94. The zero-order valence-corrected chi connectivity index (χ0v) is 20.3. The SMILES string of the molecule is C=C(C)C(C)c1cc(C(=O)/C=C/c2cc(Br)c(OC3CCCCO3)cc2O)ccc1OC. The van der Waals surface area contributed by atoms with Crippen LogP contribution in [0, 0.1) is 0 Å². The van der Waals surface area contributed by atoms with Gasteiger partial charge in [0.1, 0.15) is 17.2 Å². The number of phenolic OH excluding ortho intramolecular Hbond substituents is 1. The van der Waals surface area contributed by atoms with Gasteiger partial charge in [0.2, 0.25) is 0 Å². The van der Waals surface area contributed by atoms with Crippen molar-refractivity contribution in [1.82, 2.24) is 0 Å². The topological polar surface area (TPSA) is 65.0 Å². The molecule has 0 amide bonds. The highest BCUT2D eigenvalue weighted by molar-refractivity contribution is 9.10. The second kappa shape index (κ2) is 10.8. The Hall–Kier alpha value is -2.57. The van der Waals surface area contributed by atoms with Gasteiger partial charge in [0.25, 0.3) is 0 Å². The van der Waals surface area contributed by atoms with Crippen molar-refractivity contribution in [3.8, 4) is 17.2 Å². The maximum absolute atomic E-state index is 12.8. The van der Waals surface area contributed by atoms with Crippen LogP contribution in [0.25, 0.3) is 6.08 Å². The first kappa shape index (κ1) is 24.1. The lowest BCUT2D eigenvalue weighted by atomic mass is 9.92. The van der Waals surface area contributed by atoms with Crippen LogP contribution in [0.3, 0.4) is 0 Å². The summed E-state index contributed by atoms with van der Waals surface area (Å²) in [4.78, 5) is 12.8. The second-order valence-corrected chi connectivity index (χ2v) is 8.83. The first-order valence-corrected chi connectivity index (χ1v) is 11.5. The van der Waals surface area contributed by atoms with E-state index in [-0.39, 0.29) is 23.7 Å². The van der Waals surface area contributed by atoms with Crippen LogP contribution in [0.1, 0.15) is 60.5 Å². The molecule has 0 bridgehead atoms. The molecule has 1 fully saturated rings. The third-order valence-electron chi connectivity index (χ3n) is 5.61. The van der Waals surface area contributed by atoms with Crippen molar-refractivity contribution in [2.24, 2.45) is 0 Å². The smallest absolute Gasteiger partial charge is 0.199 e. The maximum Gasteiger partial charge on any atom is 0.199 e. The van der Waals surface area contributed by atoms with E-state index in [9.17, 15) is 9.90 Å². The molecule has 1 aliphatic rings. The molecule has 0 aliphatic carbocycles. The Morgan fingerprint density at radius 1 is 1.28 bits per heavy atom. The molecule has 1 saturated heterocycles. The van der Waals surface area contributed by atoms with E-state index in [0.29, 0.717) is 28.0 Å². The number of rotatable bonds is 8. The molecular formula is C26H29BrO5. The van der Waals surface area contributed by atoms with Crippen molar-refractivity contribution in [2.45, 2.75) is 45.3 Å². The van der Waals surface area contributed by atoms with E-state index in [0.717, 1.165) is 36.1 Å². The Kier molecular flexibility index (Phi) is 8.15. The van der Waals surface area contributed by atoms with Gasteiger partial charge in [-0.1, -0.05) is 19.1 Å². The molecule has 32 heavy (non-hydrogen) atoms. The fourth-order valence-corrected chi connectivity index (χ4v) is 3.94. The summed E-state index contributed by atoms with van der Waals surface area (Å²) >= 11 is 3.48. The van der Waals surface area contributed by atoms with Gasteiger partial charge in [0.15, 0.2) is 12.1 Å². The highest BCUT2D eigenvalue weighted by atomic mass is 79.9. The first-order valence-electron chi connectivity index (χ1n) is 10.7. The third kappa shape index (κ3) is 5.81. The molecule has 3 rings (SSSR count). The Labute approximate surface area is 197 Å². The van der Waals surface area contributed by atoms with Gasteiger partial charge >= 0.3 is 0 Å². The fourth-order valence-electron chi connectivity index (χ4n) is 3.48. The second-order valence-electron chi connectivity index (χ2n) is 7.98. The summed E-state index contributed by atoms with van der Waals surface area (Å²) in [5, 5.41) is 10.4. The van der Waals surface area contributed by atoms with Crippen molar-refractivity contribution < 1.29 is 24.1 Å². The Morgan fingerprint density at radius 2 is 2.06 bits per heavy atom. The molecule has 6 heteroatoms. The summed E-state index contributed by atoms with van der Waals surface area (Å²) in [7, 11) is 1.61. The van der Waals surface area contributed by atoms with Gasteiger partial charge in [-0.2, -0.15) is 0 Å². The zero-order valence-electron chi connectivity index (χ0n) is 18.7.